The smallest absolute Gasteiger partial charge is 0.208 e. The highest BCUT2D eigenvalue weighted by molar-refractivity contribution is 7.88. The monoisotopic (exact) mass is 337 g/mol. The lowest BCUT2D eigenvalue weighted by Crippen LogP contribution is -2.33. The Kier molecular flexibility index (Phi) is 6.33. The van der Waals surface area contributed by atoms with Gasteiger partial charge in [0.1, 0.15) is 11.9 Å². The quantitative estimate of drug-likeness (QED) is 0.756. The number of anilines is 1. The van der Waals surface area contributed by atoms with Crippen molar-refractivity contribution in [3.63, 3.8) is 0 Å². The molecule has 7 nitrogen and oxygen atoms in total. The first-order chi connectivity index (χ1) is 11.0. The molecule has 0 aromatic carbocycles. The number of sulfonamides is 1. The van der Waals surface area contributed by atoms with Crippen molar-refractivity contribution in [1.82, 2.24) is 14.6 Å². The van der Waals surface area contributed by atoms with Crippen LogP contribution in [0, 0.1) is 11.3 Å². The van der Waals surface area contributed by atoms with Crippen LogP contribution in [0.4, 0.5) is 5.82 Å². The van der Waals surface area contributed by atoms with E-state index in [0.29, 0.717) is 12.1 Å². The van der Waals surface area contributed by atoms with Crippen molar-refractivity contribution in [3.05, 3.63) is 23.9 Å². The summed E-state index contributed by atoms with van der Waals surface area (Å²) in [6.07, 6.45) is 4.69. The number of rotatable bonds is 6. The van der Waals surface area contributed by atoms with Gasteiger partial charge in [0.2, 0.25) is 10.0 Å². The molecule has 1 saturated heterocycles. The summed E-state index contributed by atoms with van der Waals surface area (Å²) in [4.78, 5) is 8.84. The maximum absolute atomic E-state index is 11.0. The molecule has 23 heavy (non-hydrogen) atoms. The standard InChI is InChI=1S/C15H23N5O2S/c1-23(21,22)18-7-3-8-19-9-4-10-20(12-11-19)15-14(13-16)5-2-6-17-15/h2,5-6,18H,3-4,7-12H2,1H3. The third-order valence-corrected chi connectivity index (χ3v) is 4.54. The van der Waals surface area contributed by atoms with Crippen LogP contribution >= 0.6 is 0 Å². The zero-order valence-electron chi connectivity index (χ0n) is 13.4. The van der Waals surface area contributed by atoms with Crippen LogP contribution in [0.25, 0.3) is 0 Å². The first-order valence-corrected chi connectivity index (χ1v) is 9.66. The van der Waals surface area contributed by atoms with Gasteiger partial charge in [-0.25, -0.2) is 18.1 Å². The molecule has 8 heteroatoms. The third kappa shape index (κ3) is 5.78. The molecule has 0 saturated carbocycles. The lowest BCUT2D eigenvalue weighted by Gasteiger charge is -2.23. The molecule has 0 bridgehead atoms. The summed E-state index contributed by atoms with van der Waals surface area (Å²) in [5.74, 6) is 0.760. The van der Waals surface area contributed by atoms with E-state index in [2.05, 4.69) is 25.6 Å². The summed E-state index contributed by atoms with van der Waals surface area (Å²) in [6, 6.07) is 5.77. The minimum atomic E-state index is -3.10. The number of pyridine rings is 1. The van der Waals surface area contributed by atoms with Crippen molar-refractivity contribution in [3.8, 4) is 6.07 Å². The summed E-state index contributed by atoms with van der Waals surface area (Å²) >= 11 is 0. The van der Waals surface area contributed by atoms with Gasteiger partial charge in [0.05, 0.1) is 11.8 Å². The topological polar surface area (TPSA) is 89.3 Å². The molecule has 2 rings (SSSR count). The summed E-state index contributed by atoms with van der Waals surface area (Å²) in [6.45, 7) is 4.90. The largest absolute Gasteiger partial charge is 0.354 e. The molecule has 0 unspecified atom stereocenters. The van der Waals surface area contributed by atoms with E-state index in [1.165, 1.54) is 6.26 Å². The highest BCUT2D eigenvalue weighted by Gasteiger charge is 2.18. The number of hydrogen-bond donors (Lipinski definition) is 1. The van der Waals surface area contributed by atoms with Crippen LogP contribution in [0.2, 0.25) is 0 Å². The highest BCUT2D eigenvalue weighted by Crippen LogP contribution is 2.18. The Morgan fingerprint density at radius 1 is 1.35 bits per heavy atom. The second kappa shape index (κ2) is 8.24. The molecule has 2 heterocycles. The van der Waals surface area contributed by atoms with Crippen LogP contribution in [-0.4, -0.2) is 63.8 Å². The van der Waals surface area contributed by atoms with Crippen molar-refractivity contribution in [1.29, 1.82) is 5.26 Å². The van der Waals surface area contributed by atoms with Gasteiger partial charge in [-0.05, 0) is 38.1 Å². The molecule has 1 aliphatic rings. The SMILES string of the molecule is CS(=O)(=O)NCCCN1CCCN(c2ncccc2C#N)CC1. The lowest BCUT2D eigenvalue weighted by atomic mass is 10.2. The minimum Gasteiger partial charge on any atom is -0.354 e. The van der Waals surface area contributed by atoms with E-state index in [-0.39, 0.29) is 0 Å². The molecule has 0 aliphatic carbocycles. The molecule has 1 aromatic heterocycles. The van der Waals surface area contributed by atoms with E-state index >= 15 is 0 Å². The van der Waals surface area contributed by atoms with Gasteiger partial charge in [-0.1, -0.05) is 0 Å². The number of nitriles is 1. The van der Waals surface area contributed by atoms with Crippen molar-refractivity contribution in [2.75, 3.05) is 50.4 Å². The maximum Gasteiger partial charge on any atom is 0.208 e. The number of hydrogen-bond acceptors (Lipinski definition) is 6. The Labute approximate surface area is 138 Å². The van der Waals surface area contributed by atoms with Gasteiger partial charge in [0.15, 0.2) is 0 Å². The first kappa shape index (κ1) is 17.7. The fraction of sp³-hybridized carbons (Fsp3) is 0.600. The average Bonchev–Trinajstić information content (AvgIpc) is 2.76. The molecular weight excluding hydrogens is 314 g/mol. The van der Waals surface area contributed by atoms with Crippen molar-refractivity contribution >= 4 is 15.8 Å². The molecule has 1 aliphatic heterocycles. The van der Waals surface area contributed by atoms with Crippen molar-refractivity contribution < 1.29 is 8.42 Å². The van der Waals surface area contributed by atoms with Gasteiger partial charge in [-0.2, -0.15) is 5.26 Å². The highest BCUT2D eigenvalue weighted by atomic mass is 32.2. The molecule has 0 amide bonds. The molecule has 0 spiro atoms. The van der Waals surface area contributed by atoms with Gasteiger partial charge in [0, 0.05) is 32.4 Å². The van der Waals surface area contributed by atoms with Crippen LogP contribution < -0.4 is 9.62 Å². The van der Waals surface area contributed by atoms with Crippen LogP contribution in [0.5, 0.6) is 0 Å². The molecular formula is C15H23N5O2S. The Bertz CT molecular complexity index is 656. The van der Waals surface area contributed by atoms with Gasteiger partial charge in [-0.3, -0.25) is 0 Å². The fourth-order valence-electron chi connectivity index (χ4n) is 2.70. The van der Waals surface area contributed by atoms with E-state index in [0.717, 1.165) is 51.4 Å². The van der Waals surface area contributed by atoms with Gasteiger partial charge in [-0.15, -0.1) is 0 Å². The molecule has 0 radical (unpaired) electrons. The first-order valence-electron chi connectivity index (χ1n) is 7.76. The van der Waals surface area contributed by atoms with E-state index in [4.69, 9.17) is 0 Å². The molecule has 1 aromatic rings. The van der Waals surface area contributed by atoms with Crippen LogP contribution in [-0.2, 0) is 10.0 Å². The maximum atomic E-state index is 11.0. The van der Waals surface area contributed by atoms with Gasteiger partial charge >= 0.3 is 0 Å². The number of nitrogens with one attached hydrogen (secondary N) is 1. The zero-order valence-corrected chi connectivity index (χ0v) is 14.2. The Morgan fingerprint density at radius 2 is 2.17 bits per heavy atom. The normalized spacial score (nSPS) is 16.8. The van der Waals surface area contributed by atoms with Crippen molar-refractivity contribution in [2.45, 2.75) is 12.8 Å². The summed E-state index contributed by atoms with van der Waals surface area (Å²) in [5.41, 5.74) is 0.610. The van der Waals surface area contributed by atoms with E-state index in [9.17, 15) is 13.7 Å². The minimum absolute atomic E-state index is 0.470. The number of nitrogens with zero attached hydrogens (tertiary/aromatic N) is 4. The predicted molar refractivity (Wildman–Crippen MR) is 89.7 cm³/mol. The van der Waals surface area contributed by atoms with Crippen molar-refractivity contribution in [2.24, 2.45) is 0 Å². The van der Waals surface area contributed by atoms with E-state index < -0.39 is 10.0 Å². The summed E-state index contributed by atoms with van der Waals surface area (Å²) < 4.78 is 24.6. The molecule has 126 valence electrons. The van der Waals surface area contributed by atoms with Gasteiger partial charge in [0.25, 0.3) is 0 Å². The Hall–Kier alpha value is -1.69. The third-order valence-electron chi connectivity index (χ3n) is 3.81. The Balaban J connectivity index is 1.84. The van der Waals surface area contributed by atoms with E-state index in [1.807, 2.05) is 0 Å². The molecule has 0 atom stereocenters. The van der Waals surface area contributed by atoms with Crippen LogP contribution in [0.1, 0.15) is 18.4 Å². The van der Waals surface area contributed by atoms with Crippen LogP contribution in [0.15, 0.2) is 18.3 Å². The predicted octanol–water partition coefficient (Wildman–Crippen LogP) is 0.405. The molecule has 1 N–H and O–H groups in total. The fourth-order valence-corrected chi connectivity index (χ4v) is 3.22. The lowest BCUT2D eigenvalue weighted by molar-refractivity contribution is 0.290. The molecule has 1 fully saturated rings. The zero-order chi connectivity index (χ0) is 16.7. The van der Waals surface area contributed by atoms with Gasteiger partial charge < -0.3 is 9.80 Å². The van der Waals surface area contributed by atoms with E-state index in [1.54, 1.807) is 18.3 Å². The average molecular weight is 337 g/mol. The summed E-state index contributed by atoms with van der Waals surface area (Å²) in [5, 5.41) is 9.20. The van der Waals surface area contributed by atoms with Crippen LogP contribution in [0.3, 0.4) is 0 Å². The second-order valence-corrected chi connectivity index (χ2v) is 7.52. The second-order valence-electron chi connectivity index (χ2n) is 5.69. The number of aromatic nitrogens is 1. The Morgan fingerprint density at radius 3 is 2.91 bits per heavy atom. The summed E-state index contributed by atoms with van der Waals surface area (Å²) in [7, 11) is -3.10.